The summed E-state index contributed by atoms with van der Waals surface area (Å²) >= 11 is 1.49. The van der Waals surface area contributed by atoms with Gasteiger partial charge in [0.15, 0.2) is 5.76 Å². The van der Waals surface area contributed by atoms with Gasteiger partial charge < -0.3 is 20.4 Å². The van der Waals surface area contributed by atoms with Gasteiger partial charge in [0.1, 0.15) is 0 Å². The molecule has 2 aromatic rings. The average molecular weight is 404 g/mol. The van der Waals surface area contributed by atoms with Crippen LogP contribution in [0.25, 0.3) is 0 Å². The first kappa shape index (κ1) is 20.1. The lowest BCUT2D eigenvalue weighted by molar-refractivity contribution is -0.123. The molecule has 0 aliphatic heterocycles. The maximum Gasteiger partial charge on any atom is 0.287 e. The van der Waals surface area contributed by atoms with Crippen molar-refractivity contribution in [3.05, 3.63) is 46.5 Å². The van der Waals surface area contributed by atoms with Gasteiger partial charge in [-0.15, -0.1) is 11.3 Å². The van der Waals surface area contributed by atoms with Crippen molar-refractivity contribution in [3.8, 4) is 0 Å². The molecule has 2 aromatic heterocycles. The van der Waals surface area contributed by atoms with Crippen LogP contribution in [0.5, 0.6) is 0 Å². The molecule has 1 fully saturated rings. The van der Waals surface area contributed by atoms with Crippen LogP contribution in [0.2, 0.25) is 0 Å². The van der Waals surface area contributed by atoms with Crippen molar-refractivity contribution in [1.82, 2.24) is 16.0 Å². The molecule has 0 bridgehead atoms. The van der Waals surface area contributed by atoms with E-state index < -0.39 is 11.9 Å². The highest BCUT2D eigenvalue weighted by Gasteiger charge is 2.22. The van der Waals surface area contributed by atoms with Crippen molar-refractivity contribution < 1.29 is 18.8 Å². The Morgan fingerprint density at radius 1 is 1.11 bits per heavy atom. The smallest absolute Gasteiger partial charge is 0.287 e. The van der Waals surface area contributed by atoms with Crippen LogP contribution in [-0.4, -0.2) is 30.3 Å². The molecular formula is C20H25N3O4S. The summed E-state index contributed by atoms with van der Waals surface area (Å²) in [6.07, 6.45) is 7.11. The minimum absolute atomic E-state index is 0.0646. The zero-order chi connectivity index (χ0) is 19.8. The van der Waals surface area contributed by atoms with Crippen LogP contribution in [0.1, 0.15) is 60.0 Å². The van der Waals surface area contributed by atoms with Crippen LogP contribution in [0.15, 0.2) is 40.3 Å². The predicted molar refractivity (Wildman–Crippen MR) is 106 cm³/mol. The number of hydrogen-bond donors (Lipinski definition) is 3. The van der Waals surface area contributed by atoms with Gasteiger partial charge in [-0.3, -0.25) is 14.4 Å². The number of nitrogens with one attached hydrogen (secondary N) is 3. The van der Waals surface area contributed by atoms with E-state index >= 15 is 0 Å². The summed E-state index contributed by atoms with van der Waals surface area (Å²) in [7, 11) is 0. The Kier molecular flexibility index (Phi) is 7.25. The maximum absolute atomic E-state index is 12.5. The Balaban J connectivity index is 1.52. The van der Waals surface area contributed by atoms with Crippen molar-refractivity contribution in [2.24, 2.45) is 0 Å². The summed E-state index contributed by atoms with van der Waals surface area (Å²) in [4.78, 5) is 37.6. The summed E-state index contributed by atoms with van der Waals surface area (Å²) in [5.74, 6) is -0.730. The van der Waals surface area contributed by atoms with Gasteiger partial charge in [-0.2, -0.15) is 0 Å². The molecule has 0 radical (unpaired) electrons. The van der Waals surface area contributed by atoms with E-state index in [1.165, 1.54) is 30.1 Å². The number of carbonyl (C=O) groups excluding carboxylic acids is 3. The average Bonchev–Trinajstić information content (AvgIpc) is 3.40. The Hall–Kier alpha value is -2.61. The summed E-state index contributed by atoms with van der Waals surface area (Å²) in [6.45, 7) is -0.189. The fraction of sp³-hybridized carbons (Fsp3) is 0.450. The quantitative estimate of drug-likeness (QED) is 0.631. The molecule has 8 heteroatoms. The number of thiophene rings is 1. The molecule has 150 valence electrons. The van der Waals surface area contributed by atoms with Crippen molar-refractivity contribution in [2.75, 3.05) is 6.54 Å². The second-order valence-corrected chi connectivity index (χ2v) is 7.88. The molecule has 0 aromatic carbocycles. The highest BCUT2D eigenvalue weighted by molar-refractivity contribution is 7.10. The number of amides is 3. The van der Waals surface area contributed by atoms with Crippen LogP contribution in [0.4, 0.5) is 0 Å². The Morgan fingerprint density at radius 2 is 1.93 bits per heavy atom. The van der Waals surface area contributed by atoms with Crippen LogP contribution in [-0.2, 0) is 9.59 Å². The van der Waals surface area contributed by atoms with Gasteiger partial charge in [-0.05, 0) is 36.4 Å². The first-order chi connectivity index (χ1) is 13.6. The first-order valence-electron chi connectivity index (χ1n) is 9.55. The summed E-state index contributed by atoms with van der Waals surface area (Å²) < 4.78 is 5.00. The predicted octanol–water partition coefficient (Wildman–Crippen LogP) is 2.77. The van der Waals surface area contributed by atoms with E-state index in [-0.39, 0.29) is 36.6 Å². The Labute approximate surface area is 167 Å². The molecule has 7 nitrogen and oxygen atoms in total. The maximum atomic E-state index is 12.5. The zero-order valence-corrected chi connectivity index (χ0v) is 16.4. The monoisotopic (exact) mass is 403 g/mol. The highest BCUT2D eigenvalue weighted by Crippen LogP contribution is 2.23. The topological polar surface area (TPSA) is 100 Å². The van der Waals surface area contributed by atoms with Gasteiger partial charge in [0.05, 0.1) is 25.3 Å². The van der Waals surface area contributed by atoms with Gasteiger partial charge in [0.25, 0.3) is 5.91 Å². The number of rotatable bonds is 8. The third kappa shape index (κ3) is 5.95. The van der Waals surface area contributed by atoms with E-state index in [0.717, 1.165) is 30.6 Å². The zero-order valence-electron chi connectivity index (χ0n) is 15.6. The van der Waals surface area contributed by atoms with Gasteiger partial charge in [-0.25, -0.2) is 0 Å². The van der Waals surface area contributed by atoms with Gasteiger partial charge in [0, 0.05) is 10.9 Å². The minimum atomic E-state index is -0.456. The summed E-state index contributed by atoms with van der Waals surface area (Å²) in [5.41, 5.74) is 0. The van der Waals surface area contributed by atoms with Gasteiger partial charge in [-0.1, -0.05) is 25.3 Å². The molecule has 1 aliphatic rings. The second kappa shape index (κ2) is 10.1. The molecule has 1 aliphatic carbocycles. The van der Waals surface area contributed by atoms with Gasteiger partial charge >= 0.3 is 0 Å². The SMILES string of the molecule is O=C(CC(NC(=O)CNC(=O)c1ccco1)c1cccs1)NC1CCCCC1. The van der Waals surface area contributed by atoms with Gasteiger partial charge in [0.2, 0.25) is 11.8 Å². The fourth-order valence-corrected chi connectivity index (χ4v) is 4.11. The molecule has 3 amide bonds. The summed E-state index contributed by atoms with van der Waals surface area (Å²) in [5, 5.41) is 10.4. The van der Waals surface area contributed by atoms with E-state index in [4.69, 9.17) is 4.42 Å². The number of hydrogen-bond acceptors (Lipinski definition) is 5. The second-order valence-electron chi connectivity index (χ2n) is 6.90. The molecule has 0 saturated heterocycles. The fourth-order valence-electron chi connectivity index (χ4n) is 3.33. The highest BCUT2D eigenvalue weighted by atomic mass is 32.1. The molecule has 1 saturated carbocycles. The van der Waals surface area contributed by atoms with Crippen molar-refractivity contribution in [2.45, 2.75) is 50.6 Å². The Bertz CT molecular complexity index is 767. The normalized spacial score (nSPS) is 15.6. The lowest BCUT2D eigenvalue weighted by Crippen LogP contribution is -2.41. The first-order valence-corrected chi connectivity index (χ1v) is 10.4. The van der Waals surface area contributed by atoms with Crippen LogP contribution in [0.3, 0.4) is 0 Å². The van der Waals surface area contributed by atoms with Crippen molar-refractivity contribution >= 4 is 29.1 Å². The van der Waals surface area contributed by atoms with Crippen molar-refractivity contribution in [1.29, 1.82) is 0 Å². The summed E-state index contributed by atoms with van der Waals surface area (Å²) in [6, 6.07) is 6.72. The molecular weight excluding hydrogens is 378 g/mol. The Morgan fingerprint density at radius 3 is 2.61 bits per heavy atom. The minimum Gasteiger partial charge on any atom is -0.459 e. The standard InChI is InChI=1S/C20H25N3O4S/c24-18(22-14-6-2-1-3-7-14)12-15(17-9-5-11-28-17)23-19(25)13-21-20(26)16-8-4-10-27-16/h4-5,8-11,14-15H,1-3,6-7,12-13H2,(H,21,26)(H,22,24)(H,23,25). The van der Waals surface area contributed by atoms with E-state index in [2.05, 4.69) is 16.0 Å². The molecule has 1 unspecified atom stereocenters. The lowest BCUT2D eigenvalue weighted by Gasteiger charge is -2.24. The van der Waals surface area contributed by atoms with Crippen LogP contribution >= 0.6 is 11.3 Å². The third-order valence-electron chi connectivity index (χ3n) is 4.74. The number of furan rings is 1. The van der Waals surface area contributed by atoms with E-state index in [9.17, 15) is 14.4 Å². The van der Waals surface area contributed by atoms with E-state index in [1.807, 2.05) is 17.5 Å². The molecule has 3 rings (SSSR count). The third-order valence-corrected chi connectivity index (χ3v) is 5.72. The molecule has 28 heavy (non-hydrogen) atoms. The molecule has 1 atom stereocenters. The number of carbonyl (C=O) groups is 3. The molecule has 3 N–H and O–H groups in total. The lowest BCUT2D eigenvalue weighted by atomic mass is 9.95. The molecule has 0 spiro atoms. The van der Waals surface area contributed by atoms with E-state index in [0.29, 0.717) is 0 Å². The van der Waals surface area contributed by atoms with Crippen LogP contribution < -0.4 is 16.0 Å². The van der Waals surface area contributed by atoms with Crippen LogP contribution in [0, 0.1) is 0 Å². The van der Waals surface area contributed by atoms with Crippen molar-refractivity contribution in [3.63, 3.8) is 0 Å². The van der Waals surface area contributed by atoms with E-state index in [1.54, 1.807) is 6.07 Å². The molecule has 2 heterocycles. The largest absolute Gasteiger partial charge is 0.459 e.